The summed E-state index contributed by atoms with van der Waals surface area (Å²) in [4.78, 5) is 10.5. The third-order valence-corrected chi connectivity index (χ3v) is 3.09. The van der Waals surface area contributed by atoms with Gasteiger partial charge in [0.05, 0.1) is 0 Å². The van der Waals surface area contributed by atoms with Crippen LogP contribution < -0.4 is 10.6 Å². The van der Waals surface area contributed by atoms with Crippen LogP contribution in [0.15, 0.2) is 12.3 Å². The molecule has 82 valence electrons. The van der Waals surface area contributed by atoms with E-state index >= 15 is 0 Å². The summed E-state index contributed by atoms with van der Waals surface area (Å²) in [6.45, 7) is 5.62. The molecule has 0 aliphatic carbocycles. The number of hydrogen-bond acceptors (Lipinski definition) is 4. The van der Waals surface area contributed by atoms with Gasteiger partial charge in [-0.2, -0.15) is 4.98 Å². The molecule has 4 nitrogen and oxygen atoms in total. The quantitative estimate of drug-likeness (QED) is 0.759. The molecule has 0 spiro atoms. The molecule has 1 aliphatic heterocycles. The summed E-state index contributed by atoms with van der Waals surface area (Å²) in [6, 6.07) is 2.48. The first kappa shape index (κ1) is 10.2. The molecule has 0 saturated carbocycles. The lowest BCUT2D eigenvalue weighted by molar-refractivity contribution is 0.376. The van der Waals surface area contributed by atoms with Gasteiger partial charge in [-0.05, 0) is 31.7 Å². The molecule has 0 amide bonds. The zero-order valence-corrected chi connectivity index (χ0v) is 9.35. The van der Waals surface area contributed by atoms with Crippen LogP contribution >= 0.6 is 0 Å². The average molecular weight is 206 g/mol. The van der Waals surface area contributed by atoms with Gasteiger partial charge in [-0.25, -0.2) is 4.98 Å². The van der Waals surface area contributed by atoms with Crippen molar-refractivity contribution in [1.29, 1.82) is 0 Å². The van der Waals surface area contributed by atoms with E-state index in [1.165, 1.54) is 12.8 Å². The second-order valence-electron chi connectivity index (χ2n) is 4.45. The summed E-state index contributed by atoms with van der Waals surface area (Å²) in [5, 5.41) is 0. The van der Waals surface area contributed by atoms with E-state index < -0.39 is 0 Å². The Morgan fingerprint density at radius 2 is 2.27 bits per heavy atom. The van der Waals surface area contributed by atoms with Gasteiger partial charge in [-0.1, -0.05) is 6.92 Å². The van der Waals surface area contributed by atoms with E-state index in [1.54, 1.807) is 6.20 Å². The Labute approximate surface area is 90.5 Å². The van der Waals surface area contributed by atoms with Crippen LogP contribution in [0.2, 0.25) is 0 Å². The molecule has 2 N–H and O–H groups in total. The zero-order chi connectivity index (χ0) is 10.8. The van der Waals surface area contributed by atoms with Crippen LogP contribution in [0.1, 0.15) is 26.7 Å². The Bertz CT molecular complexity index is 339. The molecule has 2 atom stereocenters. The minimum absolute atomic E-state index is 0.360. The van der Waals surface area contributed by atoms with E-state index in [4.69, 9.17) is 5.73 Å². The van der Waals surface area contributed by atoms with Gasteiger partial charge in [0.15, 0.2) is 0 Å². The molecule has 1 fully saturated rings. The fourth-order valence-corrected chi connectivity index (χ4v) is 2.27. The average Bonchev–Trinajstić information content (AvgIpc) is 2.17. The van der Waals surface area contributed by atoms with E-state index in [-0.39, 0.29) is 0 Å². The fourth-order valence-electron chi connectivity index (χ4n) is 2.27. The smallest absolute Gasteiger partial charge is 0.221 e. The van der Waals surface area contributed by atoms with Crippen molar-refractivity contribution < 1.29 is 0 Å². The second-order valence-corrected chi connectivity index (χ2v) is 4.45. The molecular weight excluding hydrogens is 188 g/mol. The van der Waals surface area contributed by atoms with Crippen molar-refractivity contribution in [1.82, 2.24) is 9.97 Å². The molecule has 1 aromatic rings. The summed E-state index contributed by atoms with van der Waals surface area (Å²) in [7, 11) is 0. The predicted octanol–water partition coefficient (Wildman–Crippen LogP) is 1.68. The summed E-state index contributed by atoms with van der Waals surface area (Å²) in [5.74, 6) is 2.13. The standard InChI is InChI=1S/C11H18N4/c1-8-4-6-15(9(2)7-8)10-3-5-13-11(12)14-10/h3,5,8-9H,4,6-7H2,1-2H3,(H2,12,13,14). The van der Waals surface area contributed by atoms with Gasteiger partial charge in [0.25, 0.3) is 0 Å². The highest BCUT2D eigenvalue weighted by Gasteiger charge is 2.23. The molecule has 1 aliphatic rings. The molecular formula is C11H18N4. The van der Waals surface area contributed by atoms with Crippen molar-refractivity contribution >= 4 is 11.8 Å². The van der Waals surface area contributed by atoms with Gasteiger partial charge < -0.3 is 10.6 Å². The summed E-state index contributed by atoms with van der Waals surface area (Å²) >= 11 is 0. The molecule has 0 radical (unpaired) electrons. The number of nitrogens with two attached hydrogens (primary N) is 1. The first-order chi connectivity index (χ1) is 7.16. The highest BCUT2D eigenvalue weighted by Crippen LogP contribution is 2.26. The number of piperidine rings is 1. The van der Waals surface area contributed by atoms with Crippen molar-refractivity contribution in [2.24, 2.45) is 5.92 Å². The van der Waals surface area contributed by atoms with Crippen LogP contribution in [-0.2, 0) is 0 Å². The van der Waals surface area contributed by atoms with Crippen molar-refractivity contribution in [3.63, 3.8) is 0 Å². The van der Waals surface area contributed by atoms with Crippen LogP contribution in [0.3, 0.4) is 0 Å². The molecule has 1 aromatic heterocycles. The molecule has 15 heavy (non-hydrogen) atoms. The van der Waals surface area contributed by atoms with Crippen LogP contribution in [0.25, 0.3) is 0 Å². The number of nitrogens with zero attached hydrogens (tertiary/aromatic N) is 3. The van der Waals surface area contributed by atoms with E-state index in [1.807, 2.05) is 6.07 Å². The zero-order valence-electron chi connectivity index (χ0n) is 9.35. The molecule has 0 bridgehead atoms. The minimum atomic E-state index is 0.360. The van der Waals surface area contributed by atoms with Crippen LogP contribution in [0, 0.1) is 5.92 Å². The SMILES string of the molecule is CC1CCN(c2ccnc(N)n2)C(C)C1. The van der Waals surface area contributed by atoms with Crippen molar-refractivity contribution in [3.05, 3.63) is 12.3 Å². The topological polar surface area (TPSA) is 55.0 Å². The monoisotopic (exact) mass is 206 g/mol. The maximum atomic E-state index is 5.59. The summed E-state index contributed by atoms with van der Waals surface area (Å²) in [6.07, 6.45) is 4.18. The highest BCUT2D eigenvalue weighted by atomic mass is 15.2. The summed E-state index contributed by atoms with van der Waals surface area (Å²) < 4.78 is 0. The number of aromatic nitrogens is 2. The minimum Gasteiger partial charge on any atom is -0.368 e. The van der Waals surface area contributed by atoms with Crippen LogP contribution in [0.5, 0.6) is 0 Å². The molecule has 1 saturated heterocycles. The van der Waals surface area contributed by atoms with E-state index in [9.17, 15) is 0 Å². The Kier molecular flexibility index (Phi) is 2.75. The molecule has 4 heteroatoms. The number of anilines is 2. The van der Waals surface area contributed by atoms with Gasteiger partial charge in [-0.15, -0.1) is 0 Å². The Morgan fingerprint density at radius 3 is 2.93 bits per heavy atom. The molecule has 2 rings (SSSR count). The maximum Gasteiger partial charge on any atom is 0.221 e. The van der Waals surface area contributed by atoms with E-state index in [0.717, 1.165) is 18.3 Å². The Morgan fingerprint density at radius 1 is 1.47 bits per heavy atom. The highest BCUT2D eigenvalue weighted by molar-refractivity contribution is 5.42. The van der Waals surface area contributed by atoms with E-state index in [0.29, 0.717) is 12.0 Å². The van der Waals surface area contributed by atoms with Gasteiger partial charge in [0.1, 0.15) is 5.82 Å². The van der Waals surface area contributed by atoms with Crippen molar-refractivity contribution in [2.45, 2.75) is 32.7 Å². The Balaban J connectivity index is 2.17. The van der Waals surface area contributed by atoms with Crippen LogP contribution in [0.4, 0.5) is 11.8 Å². The second kappa shape index (κ2) is 4.04. The number of nitrogen functional groups attached to an aromatic ring is 1. The number of hydrogen-bond donors (Lipinski definition) is 1. The Hall–Kier alpha value is -1.32. The van der Waals surface area contributed by atoms with Gasteiger partial charge in [0, 0.05) is 18.8 Å². The lowest BCUT2D eigenvalue weighted by atomic mass is 9.93. The molecule has 2 heterocycles. The normalized spacial score (nSPS) is 26.7. The van der Waals surface area contributed by atoms with Gasteiger partial charge >= 0.3 is 0 Å². The summed E-state index contributed by atoms with van der Waals surface area (Å²) in [5.41, 5.74) is 5.59. The lowest BCUT2D eigenvalue weighted by Gasteiger charge is -2.37. The lowest BCUT2D eigenvalue weighted by Crippen LogP contribution is -2.40. The van der Waals surface area contributed by atoms with Crippen LogP contribution in [-0.4, -0.2) is 22.6 Å². The number of rotatable bonds is 1. The van der Waals surface area contributed by atoms with Gasteiger partial charge in [-0.3, -0.25) is 0 Å². The first-order valence-electron chi connectivity index (χ1n) is 5.52. The predicted molar refractivity (Wildman–Crippen MR) is 61.7 cm³/mol. The third kappa shape index (κ3) is 2.19. The van der Waals surface area contributed by atoms with Gasteiger partial charge in [0.2, 0.25) is 5.95 Å². The third-order valence-electron chi connectivity index (χ3n) is 3.09. The molecule has 2 unspecified atom stereocenters. The fraction of sp³-hybridized carbons (Fsp3) is 0.636. The van der Waals surface area contributed by atoms with E-state index in [2.05, 4.69) is 28.7 Å². The van der Waals surface area contributed by atoms with Crippen molar-refractivity contribution in [2.75, 3.05) is 17.2 Å². The van der Waals surface area contributed by atoms with Crippen molar-refractivity contribution in [3.8, 4) is 0 Å². The first-order valence-corrected chi connectivity index (χ1v) is 5.52. The molecule has 0 aromatic carbocycles. The maximum absolute atomic E-state index is 5.59. The largest absolute Gasteiger partial charge is 0.368 e.